The molecular formula is C64H115N11O12. The Hall–Kier alpha value is -6.16. The Kier molecular flexibility index (Phi) is 32.4. The second-order valence-corrected chi connectivity index (χ2v) is 27.3. The van der Waals surface area contributed by atoms with Crippen molar-refractivity contribution < 1.29 is 57.5 Å². The minimum absolute atomic E-state index is 0.00280. The van der Waals surface area contributed by atoms with Crippen LogP contribution >= 0.6 is 0 Å². The summed E-state index contributed by atoms with van der Waals surface area (Å²) in [6.07, 6.45) is 2.10. The molecular weight excluding hydrogens is 1110 g/mol. The number of carbonyl (C=O) groups excluding carboxylic acids is 12. The van der Waals surface area contributed by atoms with Crippen LogP contribution in [0.3, 0.4) is 0 Å². The molecule has 0 aromatic heterocycles. The molecule has 0 unspecified atom stereocenters. The van der Waals surface area contributed by atoms with Gasteiger partial charge in [-0.3, -0.25) is 52.7 Å². The first-order valence-electron chi connectivity index (χ1n) is 31.6. The zero-order chi connectivity index (χ0) is 67.6. The lowest BCUT2D eigenvalue weighted by Gasteiger charge is -2.42. The van der Waals surface area contributed by atoms with Gasteiger partial charge in [0, 0.05) is 55.8 Å². The molecule has 0 bridgehead atoms. The summed E-state index contributed by atoms with van der Waals surface area (Å²) in [4.78, 5) is 182. The summed E-state index contributed by atoms with van der Waals surface area (Å²) in [7, 11) is 10.2. The standard InChI is InChI=1S/C64H115N11O12/c1-26-46-60(83)69(19)34-51(77)70(20)47(30-35(2)3)57(80)68-52(39(10)11)63(86)71(21)48(31-36(4)5)56(79)65-44(17)55(78)66-45(18)59(82)72(22)49(32-37(6)7)61(84)73(23)50(33-38(8)9)62(85)74(24)53(40(12)13)64(87)75(25)54(58(81)67-46)43(16)41(14)28-27-29-42(15)76/h35-41,43-50,52-54H,26-34H2,1-25H3,(H,65,79)(H,66,78)(H,67,81)(H,68,80)/t41-,43-,44+,45-,46+,47+,48+,49+,50+,52+,53+,54+/m1/s1. The number of carbonyl (C=O) groups is 12. The lowest BCUT2D eigenvalue weighted by atomic mass is 9.83. The fourth-order valence-corrected chi connectivity index (χ4v) is 11.3. The summed E-state index contributed by atoms with van der Waals surface area (Å²) in [5.41, 5.74) is 0. The summed E-state index contributed by atoms with van der Waals surface area (Å²) in [6, 6.07) is -11.7. The Morgan fingerprint density at radius 1 is 0.448 bits per heavy atom. The van der Waals surface area contributed by atoms with Gasteiger partial charge in [0.25, 0.3) is 0 Å². The minimum Gasteiger partial charge on any atom is -0.343 e. The average Bonchev–Trinajstić information content (AvgIpc) is 1.19. The van der Waals surface area contributed by atoms with Gasteiger partial charge >= 0.3 is 0 Å². The van der Waals surface area contributed by atoms with Crippen molar-refractivity contribution >= 4 is 70.8 Å². The monoisotopic (exact) mass is 1230 g/mol. The van der Waals surface area contributed by atoms with E-state index in [1.165, 1.54) is 99.5 Å². The molecule has 1 rings (SSSR count). The van der Waals surface area contributed by atoms with Crippen LogP contribution in [0.1, 0.15) is 176 Å². The topological polar surface area (TPSA) is 276 Å². The lowest BCUT2D eigenvalue weighted by molar-refractivity contribution is -0.156. The molecule has 1 aliphatic heterocycles. The SMILES string of the molecule is CC[C@@H]1NC(=O)[C@H]([C@H](C)[C@H](C)CCCC(C)=O)N(C)C(=O)[C@H](C(C)C)N(C)C(=O)[C@H](CC(C)C)N(C)C(=O)[C@H](CC(C)C)N(C)C(=O)[C@@H](C)NC(=O)[C@H](C)NC(=O)[C@H](CC(C)C)N(C)C(=O)[C@H](C(C)C)NC(=O)[C@H](CC(C)C)N(C)C(=O)CN(C)C1=O. The number of hydrogen-bond donors (Lipinski definition) is 4. The molecule has 0 aromatic rings. The first-order chi connectivity index (χ1) is 40.1. The third-order valence-corrected chi connectivity index (χ3v) is 17.0. The number of nitrogens with one attached hydrogen (secondary N) is 4. The average molecular weight is 1230 g/mol. The van der Waals surface area contributed by atoms with Gasteiger partial charge in [-0.25, -0.2) is 0 Å². The molecule has 0 saturated carbocycles. The van der Waals surface area contributed by atoms with Gasteiger partial charge in [-0.1, -0.05) is 104 Å². The molecule has 1 fully saturated rings. The third-order valence-electron chi connectivity index (χ3n) is 17.0. The summed E-state index contributed by atoms with van der Waals surface area (Å²) in [5, 5.41) is 11.1. The normalized spacial score (nSPS) is 26.4. The highest BCUT2D eigenvalue weighted by Crippen LogP contribution is 2.28. The predicted molar refractivity (Wildman–Crippen MR) is 337 cm³/mol. The van der Waals surface area contributed by atoms with Gasteiger partial charge in [-0.15, -0.1) is 0 Å². The largest absolute Gasteiger partial charge is 0.343 e. The third kappa shape index (κ3) is 22.7. The zero-order valence-corrected chi connectivity index (χ0v) is 57.8. The molecule has 12 atom stereocenters. The van der Waals surface area contributed by atoms with Crippen LogP contribution in [0.15, 0.2) is 0 Å². The maximum absolute atomic E-state index is 15.3. The van der Waals surface area contributed by atoms with E-state index in [2.05, 4.69) is 21.3 Å². The van der Waals surface area contributed by atoms with E-state index in [1.807, 2.05) is 69.2 Å². The van der Waals surface area contributed by atoms with Gasteiger partial charge in [0.2, 0.25) is 65.0 Å². The maximum atomic E-state index is 15.3. The van der Waals surface area contributed by atoms with Crippen molar-refractivity contribution in [2.45, 2.75) is 236 Å². The van der Waals surface area contributed by atoms with Crippen molar-refractivity contribution in [3.05, 3.63) is 0 Å². The van der Waals surface area contributed by atoms with E-state index < -0.39 is 150 Å². The number of hydrogen-bond acceptors (Lipinski definition) is 12. The number of rotatable bonds is 17. The Labute approximate surface area is 521 Å². The first-order valence-corrected chi connectivity index (χ1v) is 31.6. The molecule has 1 aliphatic rings. The molecule has 4 N–H and O–H groups in total. The van der Waals surface area contributed by atoms with Crippen molar-refractivity contribution in [2.24, 2.45) is 47.3 Å². The number of nitrogens with zero attached hydrogens (tertiary/aromatic N) is 7. The van der Waals surface area contributed by atoms with E-state index in [9.17, 15) is 38.4 Å². The van der Waals surface area contributed by atoms with Crippen LogP contribution in [0.5, 0.6) is 0 Å². The van der Waals surface area contributed by atoms with E-state index in [0.29, 0.717) is 19.3 Å². The Morgan fingerprint density at radius 3 is 1.31 bits per heavy atom. The summed E-state index contributed by atoms with van der Waals surface area (Å²) < 4.78 is 0. The van der Waals surface area contributed by atoms with Crippen LogP contribution < -0.4 is 21.3 Å². The van der Waals surface area contributed by atoms with Crippen LogP contribution in [0.25, 0.3) is 0 Å². The molecule has 1 heterocycles. The number of amides is 11. The molecule has 0 radical (unpaired) electrons. The summed E-state index contributed by atoms with van der Waals surface area (Å²) in [6.45, 7) is 31.3. The fourth-order valence-electron chi connectivity index (χ4n) is 11.3. The molecule has 23 nitrogen and oxygen atoms in total. The van der Waals surface area contributed by atoms with Crippen LogP contribution in [0.4, 0.5) is 0 Å². The van der Waals surface area contributed by atoms with Gasteiger partial charge in [0.05, 0.1) is 6.54 Å². The van der Waals surface area contributed by atoms with Gasteiger partial charge in [0.15, 0.2) is 0 Å². The maximum Gasteiger partial charge on any atom is 0.246 e. The molecule has 0 spiro atoms. The minimum atomic E-state index is -1.22. The smallest absolute Gasteiger partial charge is 0.246 e. The van der Waals surface area contributed by atoms with Crippen molar-refractivity contribution in [3.63, 3.8) is 0 Å². The quantitative estimate of drug-likeness (QED) is 0.158. The van der Waals surface area contributed by atoms with Crippen LogP contribution in [0, 0.1) is 47.3 Å². The van der Waals surface area contributed by atoms with Crippen molar-refractivity contribution in [2.75, 3.05) is 55.9 Å². The highest BCUT2D eigenvalue weighted by Gasteiger charge is 2.45. The number of Topliss-reactive ketones (excluding diaryl/α,β-unsaturated/α-hetero) is 1. The molecule has 87 heavy (non-hydrogen) atoms. The molecule has 1 saturated heterocycles. The Bertz CT molecular complexity index is 2380. The summed E-state index contributed by atoms with van der Waals surface area (Å²) >= 11 is 0. The molecule has 498 valence electrons. The molecule has 0 aliphatic carbocycles. The Morgan fingerprint density at radius 2 is 0.862 bits per heavy atom. The van der Waals surface area contributed by atoms with E-state index in [4.69, 9.17) is 0 Å². The second-order valence-electron chi connectivity index (χ2n) is 27.3. The molecule has 23 heteroatoms. The van der Waals surface area contributed by atoms with Crippen molar-refractivity contribution in [3.8, 4) is 0 Å². The van der Waals surface area contributed by atoms with E-state index in [0.717, 1.165) is 4.90 Å². The highest BCUT2D eigenvalue weighted by molar-refractivity contribution is 5.99. The zero-order valence-electron chi connectivity index (χ0n) is 57.8. The number of likely N-dealkylation sites (N-methyl/N-ethyl adjacent to an activating group) is 7. The van der Waals surface area contributed by atoms with E-state index in [1.54, 1.807) is 34.6 Å². The number of ketones is 1. The predicted octanol–water partition coefficient (Wildman–Crippen LogP) is 4.34. The van der Waals surface area contributed by atoms with Crippen LogP contribution in [0.2, 0.25) is 0 Å². The van der Waals surface area contributed by atoms with E-state index in [-0.39, 0.29) is 67.5 Å². The van der Waals surface area contributed by atoms with Crippen LogP contribution in [-0.2, 0) is 57.5 Å². The van der Waals surface area contributed by atoms with Gasteiger partial charge < -0.3 is 60.4 Å². The second kappa shape index (κ2) is 35.7. The van der Waals surface area contributed by atoms with Gasteiger partial charge in [-0.2, -0.15) is 0 Å². The van der Waals surface area contributed by atoms with E-state index >= 15 is 19.2 Å². The molecule has 0 aromatic carbocycles. The summed E-state index contributed by atoms with van der Waals surface area (Å²) in [5.74, 6) is -9.31. The van der Waals surface area contributed by atoms with Crippen LogP contribution in [-0.4, -0.2) is 221 Å². The van der Waals surface area contributed by atoms with Gasteiger partial charge in [-0.05, 0) is 113 Å². The fraction of sp³-hybridized carbons (Fsp3) is 0.812. The molecule has 11 amide bonds. The van der Waals surface area contributed by atoms with Crippen molar-refractivity contribution in [1.82, 2.24) is 55.6 Å². The Balaban J connectivity index is 4.34. The lowest BCUT2D eigenvalue weighted by Crippen LogP contribution is -2.62. The van der Waals surface area contributed by atoms with Gasteiger partial charge in [0.1, 0.15) is 66.2 Å². The first kappa shape index (κ1) is 78.9. The highest BCUT2D eigenvalue weighted by atomic mass is 16.2. The van der Waals surface area contributed by atoms with Crippen molar-refractivity contribution in [1.29, 1.82) is 0 Å².